The molecule has 1 aliphatic rings. The van der Waals surface area contributed by atoms with Crippen molar-refractivity contribution >= 4 is 29.1 Å². The summed E-state index contributed by atoms with van der Waals surface area (Å²) in [7, 11) is 0. The number of hydrogen-bond donors (Lipinski definition) is 0. The van der Waals surface area contributed by atoms with Gasteiger partial charge in [-0.1, -0.05) is 55.6 Å². The molecule has 1 aromatic heterocycles. The number of aromatic nitrogens is 1. The highest BCUT2D eigenvalue weighted by atomic mass is 35.5. The summed E-state index contributed by atoms with van der Waals surface area (Å²) in [4.78, 5) is 18.1. The van der Waals surface area contributed by atoms with E-state index in [1.54, 1.807) is 17.0 Å². The number of carbonyl (C=O) groups excluding carboxylic acids is 1. The molecule has 1 aliphatic heterocycles. The van der Waals surface area contributed by atoms with Crippen LogP contribution in [0.25, 0.3) is 0 Å². The van der Waals surface area contributed by atoms with Crippen molar-refractivity contribution in [3.05, 3.63) is 39.7 Å². The molecule has 0 N–H and O–H groups in total. The van der Waals surface area contributed by atoms with Crippen molar-refractivity contribution in [1.29, 1.82) is 0 Å². The van der Waals surface area contributed by atoms with Gasteiger partial charge in [0.1, 0.15) is 10.3 Å². The van der Waals surface area contributed by atoms with Gasteiger partial charge in [-0.2, -0.15) is 0 Å². The van der Waals surface area contributed by atoms with Gasteiger partial charge in [0, 0.05) is 13.1 Å². The number of halogens is 2. The summed E-state index contributed by atoms with van der Waals surface area (Å²) in [5.74, 6) is -0.0941. The van der Waals surface area contributed by atoms with Crippen LogP contribution in [0.3, 0.4) is 0 Å². The average Bonchev–Trinajstić information content (AvgIpc) is 2.37. The lowest BCUT2D eigenvalue weighted by Crippen LogP contribution is -2.36. The van der Waals surface area contributed by atoms with Crippen LogP contribution >= 0.6 is 23.2 Å². The Kier molecular flexibility index (Phi) is 4.40. The van der Waals surface area contributed by atoms with Crippen molar-refractivity contribution in [3.63, 3.8) is 0 Å². The first-order valence-electron chi connectivity index (χ1n) is 6.60. The van der Waals surface area contributed by atoms with E-state index >= 15 is 0 Å². The van der Waals surface area contributed by atoms with Crippen LogP contribution in [-0.2, 0) is 0 Å². The summed E-state index contributed by atoms with van der Waals surface area (Å²) >= 11 is 11.7. The zero-order valence-electron chi connectivity index (χ0n) is 11.9. The SMILES string of the molecule is CC(C)(C)C1=CCN(C(=O)c2ccc(Cl)nc2Cl)CC1. The zero-order chi connectivity index (χ0) is 14.9. The molecule has 1 amide bonds. The molecule has 1 aromatic rings. The van der Waals surface area contributed by atoms with Gasteiger partial charge in [0.15, 0.2) is 0 Å². The van der Waals surface area contributed by atoms with E-state index < -0.39 is 0 Å². The Hall–Kier alpha value is -1.06. The summed E-state index contributed by atoms with van der Waals surface area (Å²) in [6.45, 7) is 7.90. The van der Waals surface area contributed by atoms with Crippen molar-refractivity contribution in [2.75, 3.05) is 13.1 Å². The van der Waals surface area contributed by atoms with Gasteiger partial charge in [0.2, 0.25) is 0 Å². The van der Waals surface area contributed by atoms with Crippen molar-refractivity contribution in [3.8, 4) is 0 Å². The second-order valence-corrected chi connectivity index (χ2v) is 6.70. The van der Waals surface area contributed by atoms with E-state index in [2.05, 4.69) is 31.8 Å². The molecule has 0 atom stereocenters. The smallest absolute Gasteiger partial charge is 0.257 e. The second-order valence-electron chi connectivity index (χ2n) is 5.95. The summed E-state index contributed by atoms with van der Waals surface area (Å²) in [5.41, 5.74) is 1.96. The van der Waals surface area contributed by atoms with E-state index in [1.165, 1.54) is 5.57 Å². The summed E-state index contributed by atoms with van der Waals surface area (Å²) in [5, 5.41) is 0.452. The van der Waals surface area contributed by atoms with Gasteiger partial charge in [-0.3, -0.25) is 4.79 Å². The van der Waals surface area contributed by atoms with Gasteiger partial charge in [0.25, 0.3) is 5.91 Å². The van der Waals surface area contributed by atoms with Crippen molar-refractivity contribution in [2.24, 2.45) is 5.41 Å². The summed E-state index contributed by atoms with van der Waals surface area (Å²) in [6, 6.07) is 3.21. The van der Waals surface area contributed by atoms with Crippen LogP contribution in [0, 0.1) is 5.41 Å². The van der Waals surface area contributed by atoms with Crippen LogP contribution in [0.5, 0.6) is 0 Å². The van der Waals surface area contributed by atoms with Crippen molar-refractivity contribution in [2.45, 2.75) is 27.2 Å². The number of hydrogen-bond acceptors (Lipinski definition) is 2. The Morgan fingerprint density at radius 1 is 1.30 bits per heavy atom. The van der Waals surface area contributed by atoms with E-state index in [0.29, 0.717) is 23.8 Å². The highest BCUT2D eigenvalue weighted by Crippen LogP contribution is 2.30. The van der Waals surface area contributed by atoms with Gasteiger partial charge >= 0.3 is 0 Å². The van der Waals surface area contributed by atoms with Crippen LogP contribution in [0.4, 0.5) is 0 Å². The summed E-state index contributed by atoms with van der Waals surface area (Å²) < 4.78 is 0. The minimum atomic E-state index is -0.0941. The lowest BCUT2D eigenvalue weighted by molar-refractivity contribution is 0.0764. The fourth-order valence-electron chi connectivity index (χ4n) is 2.28. The predicted molar refractivity (Wildman–Crippen MR) is 82.3 cm³/mol. The van der Waals surface area contributed by atoms with Crippen LogP contribution in [0.2, 0.25) is 10.3 Å². The highest BCUT2D eigenvalue weighted by molar-refractivity contribution is 6.34. The lowest BCUT2D eigenvalue weighted by atomic mass is 9.83. The van der Waals surface area contributed by atoms with Crippen LogP contribution < -0.4 is 0 Å². The fourth-order valence-corrected chi connectivity index (χ4v) is 2.70. The molecule has 0 radical (unpaired) electrons. The van der Waals surface area contributed by atoms with E-state index in [-0.39, 0.29) is 16.5 Å². The molecule has 0 aliphatic carbocycles. The Morgan fingerprint density at radius 2 is 2.00 bits per heavy atom. The van der Waals surface area contributed by atoms with E-state index in [1.807, 2.05) is 0 Å². The monoisotopic (exact) mass is 312 g/mol. The van der Waals surface area contributed by atoms with Gasteiger partial charge in [0.05, 0.1) is 5.56 Å². The maximum absolute atomic E-state index is 12.4. The first-order valence-corrected chi connectivity index (χ1v) is 7.35. The minimum absolute atomic E-state index is 0.0941. The third kappa shape index (κ3) is 3.33. The van der Waals surface area contributed by atoms with Gasteiger partial charge in [-0.15, -0.1) is 0 Å². The quantitative estimate of drug-likeness (QED) is 0.575. The third-order valence-corrected chi connectivity index (χ3v) is 4.00. The van der Waals surface area contributed by atoms with E-state index in [0.717, 1.165) is 6.42 Å². The molecular formula is C15H18Cl2N2O. The topological polar surface area (TPSA) is 33.2 Å². The molecule has 0 saturated carbocycles. The van der Waals surface area contributed by atoms with Gasteiger partial charge < -0.3 is 4.90 Å². The molecule has 0 spiro atoms. The molecule has 0 fully saturated rings. The zero-order valence-corrected chi connectivity index (χ0v) is 13.4. The number of rotatable bonds is 1. The Balaban J connectivity index is 2.14. The number of pyridine rings is 1. The number of nitrogens with zero attached hydrogens (tertiary/aromatic N) is 2. The predicted octanol–water partition coefficient (Wildman–Crippen LogP) is 4.21. The minimum Gasteiger partial charge on any atom is -0.335 e. The largest absolute Gasteiger partial charge is 0.335 e. The average molecular weight is 313 g/mol. The molecule has 0 saturated heterocycles. The standard InChI is InChI=1S/C15H18Cl2N2O/c1-15(2,3)10-6-8-19(9-7-10)14(20)11-4-5-12(16)18-13(11)17/h4-6H,7-9H2,1-3H3. The fraction of sp³-hybridized carbons (Fsp3) is 0.467. The lowest BCUT2D eigenvalue weighted by Gasteiger charge is -2.32. The van der Waals surface area contributed by atoms with Crippen molar-refractivity contribution in [1.82, 2.24) is 9.88 Å². The summed E-state index contributed by atoms with van der Waals surface area (Å²) in [6.07, 6.45) is 3.03. The van der Waals surface area contributed by atoms with Crippen LogP contribution in [0.15, 0.2) is 23.8 Å². The maximum atomic E-state index is 12.4. The molecule has 3 nitrogen and oxygen atoms in total. The second kappa shape index (κ2) is 5.74. The van der Waals surface area contributed by atoms with E-state index in [4.69, 9.17) is 23.2 Å². The molecule has 20 heavy (non-hydrogen) atoms. The van der Waals surface area contributed by atoms with Gasteiger partial charge in [-0.05, 0) is 24.0 Å². The first-order chi connectivity index (χ1) is 9.29. The molecular weight excluding hydrogens is 295 g/mol. The molecule has 2 rings (SSSR count). The molecule has 5 heteroatoms. The number of carbonyl (C=O) groups is 1. The van der Waals surface area contributed by atoms with Crippen molar-refractivity contribution < 1.29 is 4.79 Å². The normalized spacial score (nSPS) is 16.1. The van der Waals surface area contributed by atoms with Crippen LogP contribution in [-0.4, -0.2) is 28.9 Å². The molecule has 0 bridgehead atoms. The highest BCUT2D eigenvalue weighted by Gasteiger charge is 2.25. The number of amides is 1. The Morgan fingerprint density at radius 3 is 2.50 bits per heavy atom. The first kappa shape index (κ1) is 15.3. The molecule has 0 aromatic carbocycles. The third-order valence-electron chi connectivity index (χ3n) is 3.50. The van der Waals surface area contributed by atoms with Crippen LogP contribution in [0.1, 0.15) is 37.6 Å². The molecule has 108 valence electrons. The Bertz CT molecular complexity index is 561. The van der Waals surface area contributed by atoms with Gasteiger partial charge in [-0.25, -0.2) is 4.98 Å². The Labute approximate surface area is 129 Å². The maximum Gasteiger partial charge on any atom is 0.257 e. The molecule has 0 unspecified atom stereocenters. The van der Waals surface area contributed by atoms with E-state index in [9.17, 15) is 4.79 Å². The molecule has 2 heterocycles.